The van der Waals surface area contributed by atoms with Gasteiger partial charge in [0.05, 0.1) is 12.2 Å². The highest BCUT2D eigenvalue weighted by Crippen LogP contribution is 2.46. The predicted molar refractivity (Wildman–Crippen MR) is 170 cm³/mol. The Kier molecular flexibility index (Phi) is 9.93. The van der Waals surface area contributed by atoms with Gasteiger partial charge in [0.1, 0.15) is 5.75 Å². The Balaban J connectivity index is 1.31. The number of primary amides is 1. The number of phenols is 1. The fourth-order valence-corrected chi connectivity index (χ4v) is 8.22. The molecule has 3 N–H and O–H groups in total. The van der Waals surface area contributed by atoms with Crippen LogP contribution in [0.5, 0.6) is 5.75 Å². The van der Waals surface area contributed by atoms with Crippen molar-refractivity contribution >= 4 is 17.5 Å². The van der Waals surface area contributed by atoms with Crippen molar-refractivity contribution in [2.75, 3.05) is 71.1 Å². The van der Waals surface area contributed by atoms with E-state index < -0.39 is 41.1 Å². The zero-order valence-corrected chi connectivity index (χ0v) is 27.1. The Morgan fingerprint density at radius 3 is 2.33 bits per heavy atom. The molecular weight excluding hydrogens is 632 g/mol. The molecule has 4 aliphatic rings. The molecule has 2 amide bonds. The molecule has 2 aromatic rings. The molecule has 0 saturated carbocycles. The first-order valence-corrected chi connectivity index (χ1v) is 16.7. The molecule has 262 valence electrons. The van der Waals surface area contributed by atoms with Crippen LogP contribution >= 0.6 is 0 Å². The van der Waals surface area contributed by atoms with Gasteiger partial charge in [0.15, 0.2) is 0 Å². The number of aromatic hydroxyl groups is 1. The summed E-state index contributed by atoms with van der Waals surface area (Å²) in [7, 11) is 1.53. The second-order valence-electron chi connectivity index (χ2n) is 13.7. The number of benzene rings is 2. The van der Waals surface area contributed by atoms with E-state index in [1.165, 1.54) is 30.2 Å². The predicted octanol–water partition coefficient (Wildman–Crippen LogP) is 4.29. The lowest BCUT2D eigenvalue weighted by molar-refractivity contribution is -0.143. The van der Waals surface area contributed by atoms with Crippen LogP contribution in [-0.2, 0) is 25.2 Å². The Bertz CT molecular complexity index is 1460. The number of likely N-dealkylation sites (tertiary alicyclic amines) is 2. The normalized spacial score (nSPS) is 27.9. The minimum Gasteiger partial charge on any atom is -0.508 e. The molecule has 2 aromatic carbocycles. The number of piperidine rings is 1. The molecular formula is C35H44F4N4O5. The molecule has 4 atom stereocenters. The first kappa shape index (κ1) is 34.4. The second kappa shape index (κ2) is 13.8. The topological polar surface area (TPSA) is 109 Å². The van der Waals surface area contributed by atoms with Crippen molar-refractivity contribution < 1.29 is 41.7 Å². The molecule has 0 aromatic heterocycles. The van der Waals surface area contributed by atoms with Crippen LogP contribution in [0.3, 0.4) is 0 Å². The first-order chi connectivity index (χ1) is 22.9. The zero-order chi connectivity index (χ0) is 34.2. The number of nitrogens with zero attached hydrogens (tertiary/aromatic N) is 3. The summed E-state index contributed by atoms with van der Waals surface area (Å²) in [6, 6.07) is 10.1. The van der Waals surface area contributed by atoms with E-state index in [-0.39, 0.29) is 49.9 Å². The Morgan fingerprint density at radius 1 is 1.02 bits per heavy atom. The van der Waals surface area contributed by atoms with Crippen molar-refractivity contribution in [1.82, 2.24) is 9.80 Å². The van der Waals surface area contributed by atoms with Crippen LogP contribution in [0.2, 0.25) is 0 Å². The molecule has 6 rings (SSSR count). The number of methoxy groups -OCH3 is 1. The monoisotopic (exact) mass is 676 g/mol. The van der Waals surface area contributed by atoms with Crippen molar-refractivity contribution in [1.29, 1.82) is 0 Å². The average Bonchev–Trinajstić information content (AvgIpc) is 3.66. The van der Waals surface area contributed by atoms with Gasteiger partial charge in [0.2, 0.25) is 11.6 Å². The highest BCUT2D eigenvalue weighted by molar-refractivity contribution is 5.88. The highest BCUT2D eigenvalue weighted by atomic mass is 19.4. The van der Waals surface area contributed by atoms with Crippen LogP contribution in [0.25, 0.3) is 0 Å². The number of ether oxygens (including phenoxy) is 2. The zero-order valence-electron chi connectivity index (χ0n) is 27.1. The summed E-state index contributed by atoms with van der Waals surface area (Å²) in [5, 5.41) is 9.91. The van der Waals surface area contributed by atoms with Gasteiger partial charge < -0.3 is 30.1 Å². The lowest BCUT2D eigenvalue weighted by atomic mass is 9.85. The number of rotatable bonds is 8. The van der Waals surface area contributed by atoms with E-state index in [4.69, 9.17) is 15.2 Å². The summed E-state index contributed by atoms with van der Waals surface area (Å²) < 4.78 is 70.5. The molecule has 0 spiro atoms. The van der Waals surface area contributed by atoms with Crippen molar-refractivity contribution in [3.8, 4) is 5.75 Å². The number of hydrogen-bond donors (Lipinski definition) is 2. The lowest BCUT2D eigenvalue weighted by Gasteiger charge is -2.35. The number of amides is 2. The van der Waals surface area contributed by atoms with E-state index in [1.807, 2.05) is 9.80 Å². The summed E-state index contributed by atoms with van der Waals surface area (Å²) in [6.45, 7) is 2.64. The smallest absolute Gasteiger partial charge is 0.416 e. The summed E-state index contributed by atoms with van der Waals surface area (Å²) >= 11 is 0. The number of halogens is 4. The lowest BCUT2D eigenvalue weighted by Crippen LogP contribution is -2.50. The van der Waals surface area contributed by atoms with Gasteiger partial charge in [-0.3, -0.25) is 14.5 Å². The maximum absolute atomic E-state index is 17.6. The van der Waals surface area contributed by atoms with Crippen LogP contribution in [0.1, 0.15) is 54.2 Å². The molecule has 0 radical (unpaired) electrons. The van der Waals surface area contributed by atoms with Gasteiger partial charge in [-0.2, -0.15) is 13.2 Å². The van der Waals surface area contributed by atoms with Gasteiger partial charge in [-0.15, -0.1) is 0 Å². The first-order valence-electron chi connectivity index (χ1n) is 16.7. The molecule has 13 heteroatoms. The maximum atomic E-state index is 17.6. The van der Waals surface area contributed by atoms with Crippen LogP contribution in [0.4, 0.5) is 23.2 Å². The maximum Gasteiger partial charge on any atom is 0.416 e. The largest absolute Gasteiger partial charge is 0.508 e. The summed E-state index contributed by atoms with van der Waals surface area (Å²) in [4.78, 5) is 31.7. The van der Waals surface area contributed by atoms with E-state index in [2.05, 4.69) is 0 Å². The van der Waals surface area contributed by atoms with E-state index in [0.29, 0.717) is 62.5 Å². The molecule has 0 unspecified atom stereocenters. The highest BCUT2D eigenvalue weighted by Gasteiger charge is 2.57. The summed E-state index contributed by atoms with van der Waals surface area (Å²) in [6.07, 6.45) is -2.24. The van der Waals surface area contributed by atoms with E-state index in [9.17, 15) is 27.9 Å². The minimum absolute atomic E-state index is 0.0461. The molecule has 9 nitrogen and oxygen atoms in total. The number of anilines is 1. The van der Waals surface area contributed by atoms with E-state index in [0.717, 1.165) is 25.0 Å². The number of carbonyl (C=O) groups is 2. The third kappa shape index (κ3) is 6.86. The summed E-state index contributed by atoms with van der Waals surface area (Å²) in [5.74, 6) is -2.84. The van der Waals surface area contributed by atoms with Crippen molar-refractivity contribution in [2.45, 2.75) is 55.4 Å². The third-order valence-electron chi connectivity index (χ3n) is 10.9. The Labute approximate surface area is 277 Å². The summed E-state index contributed by atoms with van der Waals surface area (Å²) in [5.41, 5.74) is 4.12. The van der Waals surface area contributed by atoms with Gasteiger partial charge >= 0.3 is 6.18 Å². The molecule has 0 bridgehead atoms. The van der Waals surface area contributed by atoms with Crippen LogP contribution < -0.4 is 10.6 Å². The van der Waals surface area contributed by atoms with Gasteiger partial charge in [0, 0.05) is 95.0 Å². The van der Waals surface area contributed by atoms with Crippen molar-refractivity contribution in [3.05, 3.63) is 59.2 Å². The number of nitrogens with two attached hydrogens (primary N) is 1. The average molecular weight is 677 g/mol. The molecule has 48 heavy (non-hydrogen) atoms. The number of carbonyl (C=O) groups excluding carboxylic acids is 2. The number of alkyl halides is 4. The second-order valence-corrected chi connectivity index (χ2v) is 13.7. The molecule has 0 aliphatic carbocycles. The molecule has 4 heterocycles. The van der Waals surface area contributed by atoms with Crippen molar-refractivity contribution in [3.63, 3.8) is 0 Å². The standard InChI is InChI=1S/C35H44F4N4O5/c1-47-20-24-17-42(18-29(24)28-7-4-25(35(37,38)39)16-31(28)41-12-8-23(9-13-41)32(40)45)33(46)34(36)21-43(26-10-14-48-15-11-26)19-30(34)22-2-5-27(44)6-3-22/h2-7,16,23-24,26,29-30,44H,8-15,17-21H2,1H3,(H2,40,45)/t24-,29+,30+,34+/m1/s1. The number of phenolic OH excluding ortho intramolecular Hbond substituents is 1. The van der Waals surface area contributed by atoms with Crippen molar-refractivity contribution in [2.24, 2.45) is 17.6 Å². The van der Waals surface area contributed by atoms with Gasteiger partial charge in [-0.25, -0.2) is 4.39 Å². The van der Waals surface area contributed by atoms with E-state index >= 15 is 4.39 Å². The molecule has 4 fully saturated rings. The Hall–Kier alpha value is -3.42. The molecule has 4 aliphatic heterocycles. The van der Waals surface area contributed by atoms with Gasteiger partial charge in [0.25, 0.3) is 5.91 Å². The Morgan fingerprint density at radius 2 is 1.71 bits per heavy atom. The van der Waals surface area contributed by atoms with Gasteiger partial charge in [-0.1, -0.05) is 18.2 Å². The van der Waals surface area contributed by atoms with Crippen LogP contribution in [0, 0.1) is 11.8 Å². The fourth-order valence-electron chi connectivity index (χ4n) is 8.22. The third-order valence-corrected chi connectivity index (χ3v) is 10.9. The molecule has 4 saturated heterocycles. The quantitative estimate of drug-likeness (QED) is 0.402. The minimum atomic E-state index is -4.56. The van der Waals surface area contributed by atoms with E-state index in [1.54, 1.807) is 12.1 Å². The van der Waals surface area contributed by atoms with Crippen LogP contribution in [-0.4, -0.2) is 105 Å². The van der Waals surface area contributed by atoms with Gasteiger partial charge in [-0.05, 0) is 61.1 Å². The fraction of sp³-hybridized carbons (Fsp3) is 0.600. The van der Waals surface area contributed by atoms with Crippen LogP contribution in [0.15, 0.2) is 42.5 Å². The SMILES string of the molecule is COC[C@H]1CN(C(=O)[C@]2(F)CN(C3CCOCC3)C[C@H]2c2ccc(O)cc2)C[C@@H]1c1ccc(C(F)(F)F)cc1N1CCC(C(N)=O)CC1. The number of hydrogen-bond acceptors (Lipinski definition) is 7.